The zero-order valence-electron chi connectivity index (χ0n) is 13.2. The van der Waals surface area contributed by atoms with Crippen LogP contribution in [0.5, 0.6) is 0 Å². The van der Waals surface area contributed by atoms with E-state index in [1.54, 1.807) is 7.11 Å². The van der Waals surface area contributed by atoms with Gasteiger partial charge in [-0.2, -0.15) is 13.2 Å². The Labute approximate surface area is 130 Å². The molecule has 1 aliphatic rings. The first-order chi connectivity index (χ1) is 10.4. The van der Waals surface area contributed by atoms with E-state index in [1.807, 2.05) is 0 Å². The Morgan fingerprint density at radius 1 is 1.23 bits per heavy atom. The van der Waals surface area contributed by atoms with Crippen LogP contribution >= 0.6 is 0 Å². The summed E-state index contributed by atoms with van der Waals surface area (Å²) in [5, 5.41) is 0. The van der Waals surface area contributed by atoms with Crippen molar-refractivity contribution in [3.63, 3.8) is 0 Å². The molecule has 7 heteroatoms. The number of rotatable bonds is 10. The van der Waals surface area contributed by atoms with Crippen molar-refractivity contribution in [3.8, 4) is 0 Å². The number of hydrogen-bond donors (Lipinski definition) is 1. The molecule has 1 fully saturated rings. The number of ether oxygens (including phenoxy) is 3. The van der Waals surface area contributed by atoms with Crippen molar-refractivity contribution in [3.05, 3.63) is 0 Å². The monoisotopic (exact) mass is 327 g/mol. The summed E-state index contributed by atoms with van der Waals surface area (Å²) in [4.78, 5) is 0. The summed E-state index contributed by atoms with van der Waals surface area (Å²) < 4.78 is 54.0. The Morgan fingerprint density at radius 3 is 2.59 bits per heavy atom. The van der Waals surface area contributed by atoms with Crippen LogP contribution in [0.4, 0.5) is 13.2 Å². The third-order valence-electron chi connectivity index (χ3n) is 3.76. The fourth-order valence-electron chi connectivity index (χ4n) is 2.53. The van der Waals surface area contributed by atoms with E-state index in [0.29, 0.717) is 26.1 Å². The topological polar surface area (TPSA) is 53.7 Å². The Bertz CT molecular complexity index is 284. The second kappa shape index (κ2) is 10.4. The molecule has 0 amide bonds. The molecule has 0 aromatic carbocycles. The quantitative estimate of drug-likeness (QED) is 0.625. The molecule has 1 saturated heterocycles. The van der Waals surface area contributed by atoms with Gasteiger partial charge in [0.15, 0.2) is 6.29 Å². The lowest BCUT2D eigenvalue weighted by Gasteiger charge is -2.31. The van der Waals surface area contributed by atoms with Crippen molar-refractivity contribution in [1.82, 2.24) is 0 Å². The first-order valence-electron chi connectivity index (χ1n) is 8.00. The second-order valence-corrected chi connectivity index (χ2v) is 5.80. The molecule has 3 atom stereocenters. The van der Waals surface area contributed by atoms with Crippen LogP contribution in [0.2, 0.25) is 0 Å². The third-order valence-corrected chi connectivity index (χ3v) is 3.76. The molecule has 1 aliphatic heterocycles. The first-order valence-corrected chi connectivity index (χ1v) is 8.00. The molecule has 0 aromatic heterocycles. The average molecular weight is 327 g/mol. The zero-order valence-corrected chi connectivity index (χ0v) is 13.2. The van der Waals surface area contributed by atoms with Crippen LogP contribution in [0.3, 0.4) is 0 Å². The molecular weight excluding hydrogens is 299 g/mol. The number of alkyl halides is 3. The summed E-state index contributed by atoms with van der Waals surface area (Å²) in [7, 11) is 1.63. The molecule has 1 rings (SSSR count). The Balaban J connectivity index is 2.41. The molecule has 3 unspecified atom stereocenters. The van der Waals surface area contributed by atoms with Crippen LogP contribution in [0, 0.1) is 0 Å². The van der Waals surface area contributed by atoms with Gasteiger partial charge in [0.2, 0.25) is 0 Å². The third kappa shape index (κ3) is 8.92. The summed E-state index contributed by atoms with van der Waals surface area (Å²) in [5.74, 6) is 0. The van der Waals surface area contributed by atoms with Crippen LogP contribution in [-0.4, -0.2) is 44.9 Å². The molecule has 22 heavy (non-hydrogen) atoms. The standard InChI is InChI=1S/C15H28F3NO3/c1-20-9-5-2-3-7-12(19)13(11-15(16,17)18)22-14-8-4-6-10-21-14/h12-14H,2-11,19H2,1H3. The summed E-state index contributed by atoms with van der Waals surface area (Å²) in [5.41, 5.74) is 5.95. The largest absolute Gasteiger partial charge is 0.391 e. The van der Waals surface area contributed by atoms with E-state index in [4.69, 9.17) is 19.9 Å². The highest BCUT2D eigenvalue weighted by Gasteiger charge is 2.36. The lowest BCUT2D eigenvalue weighted by atomic mass is 10.0. The van der Waals surface area contributed by atoms with Gasteiger partial charge in [0.1, 0.15) is 0 Å². The normalized spacial score (nSPS) is 22.5. The SMILES string of the molecule is COCCCCCC(N)C(CC(F)(F)F)OC1CCCCO1. The maximum absolute atomic E-state index is 12.7. The molecule has 0 spiro atoms. The van der Waals surface area contributed by atoms with E-state index in [1.165, 1.54) is 0 Å². The summed E-state index contributed by atoms with van der Waals surface area (Å²) >= 11 is 0. The van der Waals surface area contributed by atoms with E-state index in [0.717, 1.165) is 32.1 Å². The molecule has 4 nitrogen and oxygen atoms in total. The fraction of sp³-hybridized carbons (Fsp3) is 1.00. The number of hydrogen-bond acceptors (Lipinski definition) is 4. The van der Waals surface area contributed by atoms with Gasteiger partial charge in [-0.25, -0.2) is 0 Å². The Hall–Kier alpha value is -0.370. The highest BCUT2D eigenvalue weighted by molar-refractivity contribution is 4.77. The smallest absolute Gasteiger partial charge is 0.385 e. The predicted molar refractivity (Wildman–Crippen MR) is 77.5 cm³/mol. The zero-order chi connectivity index (χ0) is 16.4. The summed E-state index contributed by atoms with van der Waals surface area (Å²) in [6, 6.07) is -0.630. The highest BCUT2D eigenvalue weighted by Crippen LogP contribution is 2.27. The van der Waals surface area contributed by atoms with Crippen LogP contribution in [-0.2, 0) is 14.2 Å². The van der Waals surface area contributed by atoms with Crippen molar-refractivity contribution in [2.45, 2.75) is 76.0 Å². The minimum atomic E-state index is -4.28. The maximum Gasteiger partial charge on any atom is 0.391 e. The van der Waals surface area contributed by atoms with Gasteiger partial charge in [0.25, 0.3) is 0 Å². The van der Waals surface area contributed by atoms with Crippen molar-refractivity contribution in [1.29, 1.82) is 0 Å². The Kier molecular flexibility index (Phi) is 9.31. The molecular formula is C15H28F3NO3. The van der Waals surface area contributed by atoms with Gasteiger partial charge < -0.3 is 19.9 Å². The fourth-order valence-corrected chi connectivity index (χ4v) is 2.53. The highest BCUT2D eigenvalue weighted by atomic mass is 19.4. The van der Waals surface area contributed by atoms with Crippen LogP contribution in [0.15, 0.2) is 0 Å². The van der Waals surface area contributed by atoms with Gasteiger partial charge in [-0.1, -0.05) is 12.8 Å². The molecule has 0 aliphatic carbocycles. The van der Waals surface area contributed by atoms with Crippen molar-refractivity contribution in [2.24, 2.45) is 5.73 Å². The summed E-state index contributed by atoms with van der Waals surface area (Å²) in [6.45, 7) is 1.20. The molecule has 1 heterocycles. The first kappa shape index (κ1) is 19.7. The predicted octanol–water partition coefficient (Wildman–Crippen LogP) is 3.38. The molecule has 0 bridgehead atoms. The van der Waals surface area contributed by atoms with Gasteiger partial charge in [0, 0.05) is 26.4 Å². The molecule has 2 N–H and O–H groups in total. The van der Waals surface area contributed by atoms with Gasteiger partial charge >= 0.3 is 6.18 Å². The number of nitrogens with two attached hydrogens (primary N) is 1. The molecule has 0 saturated carbocycles. The van der Waals surface area contributed by atoms with Crippen LogP contribution in [0.1, 0.15) is 51.4 Å². The number of halogens is 3. The van der Waals surface area contributed by atoms with Crippen molar-refractivity contribution in [2.75, 3.05) is 20.3 Å². The molecule has 0 radical (unpaired) electrons. The Morgan fingerprint density at radius 2 is 2.00 bits per heavy atom. The second-order valence-electron chi connectivity index (χ2n) is 5.80. The maximum atomic E-state index is 12.7. The lowest BCUT2D eigenvalue weighted by Crippen LogP contribution is -2.43. The van der Waals surface area contributed by atoms with Gasteiger partial charge in [0.05, 0.1) is 12.5 Å². The van der Waals surface area contributed by atoms with Gasteiger partial charge in [-0.05, 0) is 32.1 Å². The summed E-state index contributed by atoms with van der Waals surface area (Å²) in [6.07, 6.45) is -1.37. The van der Waals surface area contributed by atoms with Crippen LogP contribution in [0.25, 0.3) is 0 Å². The van der Waals surface area contributed by atoms with Crippen molar-refractivity contribution >= 4 is 0 Å². The molecule has 0 aromatic rings. The van der Waals surface area contributed by atoms with E-state index >= 15 is 0 Å². The van der Waals surface area contributed by atoms with E-state index < -0.39 is 31.0 Å². The van der Waals surface area contributed by atoms with E-state index in [9.17, 15) is 13.2 Å². The minimum absolute atomic E-state index is 0.511. The number of methoxy groups -OCH3 is 1. The van der Waals surface area contributed by atoms with Gasteiger partial charge in [-0.3, -0.25) is 0 Å². The number of unbranched alkanes of at least 4 members (excludes halogenated alkanes) is 2. The minimum Gasteiger partial charge on any atom is -0.385 e. The van der Waals surface area contributed by atoms with Crippen LogP contribution < -0.4 is 5.73 Å². The van der Waals surface area contributed by atoms with E-state index in [-0.39, 0.29) is 0 Å². The average Bonchev–Trinajstić information content (AvgIpc) is 2.46. The van der Waals surface area contributed by atoms with Gasteiger partial charge in [-0.15, -0.1) is 0 Å². The molecule has 132 valence electrons. The lowest BCUT2D eigenvalue weighted by molar-refractivity contribution is -0.223. The van der Waals surface area contributed by atoms with Crippen molar-refractivity contribution < 1.29 is 27.4 Å². The van der Waals surface area contributed by atoms with E-state index in [2.05, 4.69) is 0 Å².